The molecule has 1 unspecified atom stereocenters. The molecule has 4 nitrogen and oxygen atoms in total. The van der Waals surface area contributed by atoms with Gasteiger partial charge in [-0.05, 0) is 26.8 Å². The van der Waals surface area contributed by atoms with Gasteiger partial charge in [-0.3, -0.25) is 0 Å². The van der Waals surface area contributed by atoms with Gasteiger partial charge in [0.05, 0.1) is 6.61 Å². The zero-order valence-corrected chi connectivity index (χ0v) is 12.0. The normalized spacial score (nSPS) is 19.0. The quantitative estimate of drug-likeness (QED) is 0.861. The standard InChI is InChI=1S/C15H20FNO3/c1-15(2,3)17-9-10-5-4-6-11(16)13(10)20-12-7-8-19-14(12)18/h4-6,12,17H,7-9H2,1-3H3. The van der Waals surface area contributed by atoms with Crippen molar-refractivity contribution in [1.82, 2.24) is 5.32 Å². The summed E-state index contributed by atoms with van der Waals surface area (Å²) in [5.74, 6) is -0.756. The van der Waals surface area contributed by atoms with Crippen molar-refractivity contribution in [2.45, 2.75) is 45.4 Å². The van der Waals surface area contributed by atoms with Crippen LogP contribution in [-0.2, 0) is 16.1 Å². The zero-order chi connectivity index (χ0) is 14.8. The number of ether oxygens (including phenoxy) is 2. The van der Waals surface area contributed by atoms with E-state index in [0.717, 1.165) is 0 Å². The highest BCUT2D eigenvalue weighted by molar-refractivity contribution is 5.76. The Balaban J connectivity index is 2.15. The van der Waals surface area contributed by atoms with Gasteiger partial charge in [-0.25, -0.2) is 9.18 Å². The Morgan fingerprint density at radius 1 is 1.45 bits per heavy atom. The van der Waals surface area contributed by atoms with Crippen LogP contribution in [0.25, 0.3) is 0 Å². The number of halogens is 1. The Hall–Kier alpha value is -1.62. The molecule has 1 heterocycles. The minimum atomic E-state index is -0.708. The van der Waals surface area contributed by atoms with Gasteiger partial charge in [-0.15, -0.1) is 0 Å². The van der Waals surface area contributed by atoms with E-state index in [1.807, 2.05) is 20.8 Å². The third-order valence-corrected chi connectivity index (χ3v) is 3.01. The number of hydrogen-bond donors (Lipinski definition) is 1. The summed E-state index contributed by atoms with van der Waals surface area (Å²) >= 11 is 0. The molecule has 1 atom stereocenters. The summed E-state index contributed by atoms with van der Waals surface area (Å²) in [4.78, 5) is 11.4. The summed E-state index contributed by atoms with van der Waals surface area (Å²) in [5.41, 5.74) is 0.607. The number of esters is 1. The maximum atomic E-state index is 13.9. The molecule has 0 aliphatic carbocycles. The highest BCUT2D eigenvalue weighted by atomic mass is 19.1. The van der Waals surface area contributed by atoms with Crippen molar-refractivity contribution >= 4 is 5.97 Å². The van der Waals surface area contributed by atoms with E-state index >= 15 is 0 Å². The Labute approximate surface area is 118 Å². The first kappa shape index (κ1) is 14.8. The fourth-order valence-corrected chi connectivity index (χ4v) is 1.91. The molecule has 0 radical (unpaired) electrons. The number of para-hydroxylation sites is 1. The lowest BCUT2D eigenvalue weighted by Gasteiger charge is -2.22. The van der Waals surface area contributed by atoms with Gasteiger partial charge in [-0.2, -0.15) is 0 Å². The summed E-state index contributed by atoms with van der Waals surface area (Å²) in [6.07, 6.45) is -0.250. The molecule has 110 valence electrons. The van der Waals surface area contributed by atoms with Crippen LogP contribution >= 0.6 is 0 Å². The Bertz CT molecular complexity index is 496. The predicted molar refractivity (Wildman–Crippen MR) is 73.0 cm³/mol. The minimum Gasteiger partial charge on any atom is -0.475 e. The Morgan fingerprint density at radius 2 is 2.20 bits per heavy atom. The van der Waals surface area contributed by atoms with E-state index < -0.39 is 17.9 Å². The van der Waals surface area contributed by atoms with Crippen LogP contribution in [0.1, 0.15) is 32.8 Å². The van der Waals surface area contributed by atoms with Crippen LogP contribution in [0.4, 0.5) is 4.39 Å². The van der Waals surface area contributed by atoms with Gasteiger partial charge in [-0.1, -0.05) is 12.1 Å². The molecule has 0 spiro atoms. The van der Waals surface area contributed by atoms with Crippen molar-refractivity contribution in [1.29, 1.82) is 0 Å². The number of cyclic esters (lactones) is 1. The molecular formula is C15H20FNO3. The first-order chi connectivity index (χ1) is 9.37. The molecule has 1 saturated heterocycles. The minimum absolute atomic E-state index is 0.0874. The van der Waals surface area contributed by atoms with Crippen molar-refractivity contribution in [3.8, 4) is 5.75 Å². The molecule has 1 fully saturated rings. The van der Waals surface area contributed by atoms with Crippen molar-refractivity contribution in [3.63, 3.8) is 0 Å². The average molecular weight is 281 g/mol. The summed E-state index contributed by atoms with van der Waals surface area (Å²) in [6, 6.07) is 4.75. The van der Waals surface area contributed by atoms with Gasteiger partial charge in [0.15, 0.2) is 17.7 Å². The molecule has 20 heavy (non-hydrogen) atoms. The molecule has 0 amide bonds. The van der Waals surface area contributed by atoms with Gasteiger partial charge in [0.2, 0.25) is 0 Å². The Kier molecular flexibility index (Phi) is 4.28. The van der Waals surface area contributed by atoms with Gasteiger partial charge in [0.25, 0.3) is 0 Å². The van der Waals surface area contributed by atoms with E-state index in [1.54, 1.807) is 12.1 Å². The molecule has 0 aromatic heterocycles. The first-order valence-electron chi connectivity index (χ1n) is 6.72. The molecule has 1 aromatic carbocycles. The smallest absolute Gasteiger partial charge is 0.347 e. The maximum absolute atomic E-state index is 13.9. The molecule has 1 aromatic rings. The third-order valence-electron chi connectivity index (χ3n) is 3.01. The van der Waals surface area contributed by atoms with Crippen LogP contribution < -0.4 is 10.1 Å². The maximum Gasteiger partial charge on any atom is 0.347 e. The molecular weight excluding hydrogens is 261 g/mol. The number of carbonyl (C=O) groups excluding carboxylic acids is 1. The number of benzene rings is 1. The van der Waals surface area contributed by atoms with Crippen LogP contribution in [0.5, 0.6) is 5.75 Å². The predicted octanol–water partition coefficient (Wildman–Crippen LogP) is 2.41. The van der Waals surface area contributed by atoms with Crippen LogP contribution in [0.3, 0.4) is 0 Å². The van der Waals surface area contributed by atoms with Crippen molar-refractivity contribution < 1.29 is 18.7 Å². The van der Waals surface area contributed by atoms with E-state index in [9.17, 15) is 9.18 Å². The van der Waals surface area contributed by atoms with Crippen molar-refractivity contribution in [2.24, 2.45) is 0 Å². The SMILES string of the molecule is CC(C)(C)NCc1cccc(F)c1OC1CCOC1=O. The van der Waals surface area contributed by atoms with Gasteiger partial charge in [0.1, 0.15) is 0 Å². The lowest BCUT2D eigenvalue weighted by molar-refractivity contribution is -0.143. The average Bonchev–Trinajstić information content (AvgIpc) is 2.75. The second-order valence-corrected chi connectivity index (χ2v) is 5.89. The summed E-state index contributed by atoms with van der Waals surface area (Å²) in [5, 5.41) is 3.28. The molecule has 0 bridgehead atoms. The highest BCUT2D eigenvalue weighted by Crippen LogP contribution is 2.26. The fourth-order valence-electron chi connectivity index (χ4n) is 1.91. The molecule has 1 N–H and O–H groups in total. The van der Waals surface area contributed by atoms with Gasteiger partial charge >= 0.3 is 5.97 Å². The van der Waals surface area contributed by atoms with Crippen LogP contribution in [0.15, 0.2) is 18.2 Å². The molecule has 0 saturated carbocycles. The molecule has 1 aliphatic heterocycles. The van der Waals surface area contributed by atoms with E-state index in [0.29, 0.717) is 25.1 Å². The van der Waals surface area contributed by atoms with Crippen molar-refractivity contribution in [3.05, 3.63) is 29.6 Å². The largest absolute Gasteiger partial charge is 0.475 e. The topological polar surface area (TPSA) is 47.6 Å². The first-order valence-corrected chi connectivity index (χ1v) is 6.72. The fraction of sp³-hybridized carbons (Fsp3) is 0.533. The van der Waals surface area contributed by atoms with E-state index in [-0.39, 0.29) is 11.3 Å². The molecule has 5 heteroatoms. The van der Waals surface area contributed by atoms with Gasteiger partial charge < -0.3 is 14.8 Å². The number of nitrogens with one attached hydrogen (secondary N) is 1. The Morgan fingerprint density at radius 3 is 2.80 bits per heavy atom. The van der Waals surface area contributed by atoms with Crippen LogP contribution in [0, 0.1) is 5.82 Å². The van der Waals surface area contributed by atoms with Crippen LogP contribution in [-0.4, -0.2) is 24.2 Å². The van der Waals surface area contributed by atoms with Crippen molar-refractivity contribution in [2.75, 3.05) is 6.61 Å². The van der Waals surface area contributed by atoms with Gasteiger partial charge in [0, 0.05) is 24.1 Å². The second kappa shape index (κ2) is 5.79. The summed E-state index contributed by atoms with van der Waals surface area (Å²) in [6.45, 7) is 6.88. The van der Waals surface area contributed by atoms with E-state index in [4.69, 9.17) is 9.47 Å². The highest BCUT2D eigenvalue weighted by Gasteiger charge is 2.30. The van der Waals surface area contributed by atoms with E-state index in [2.05, 4.69) is 5.32 Å². The van der Waals surface area contributed by atoms with E-state index in [1.165, 1.54) is 6.07 Å². The number of carbonyl (C=O) groups is 1. The summed E-state index contributed by atoms with van der Waals surface area (Å²) in [7, 11) is 0. The summed E-state index contributed by atoms with van der Waals surface area (Å²) < 4.78 is 24.3. The third kappa shape index (κ3) is 3.70. The lowest BCUT2D eigenvalue weighted by Crippen LogP contribution is -2.35. The molecule has 2 rings (SSSR count). The zero-order valence-electron chi connectivity index (χ0n) is 12.0. The number of rotatable bonds is 4. The second-order valence-electron chi connectivity index (χ2n) is 5.89. The molecule has 1 aliphatic rings. The lowest BCUT2D eigenvalue weighted by atomic mass is 10.1. The monoisotopic (exact) mass is 281 g/mol. The van der Waals surface area contributed by atoms with Crippen LogP contribution in [0.2, 0.25) is 0 Å². The number of hydrogen-bond acceptors (Lipinski definition) is 4.